The van der Waals surface area contributed by atoms with E-state index in [1.807, 2.05) is 0 Å². The van der Waals surface area contributed by atoms with E-state index in [4.69, 9.17) is 50.8 Å². The minimum Gasteiger partial charge on any atom is -0.483 e. The summed E-state index contributed by atoms with van der Waals surface area (Å²) in [5.41, 5.74) is 3.07. The van der Waals surface area contributed by atoms with Gasteiger partial charge in [0, 0.05) is 11.2 Å². The number of halogens is 1. The highest BCUT2D eigenvalue weighted by molar-refractivity contribution is 7.80. The summed E-state index contributed by atoms with van der Waals surface area (Å²) in [6, 6.07) is 8.63. The molecule has 0 amide bonds. The maximum atomic E-state index is 12.8. The van der Waals surface area contributed by atoms with Gasteiger partial charge in [0.25, 0.3) is 6.47 Å². The Morgan fingerprint density at radius 3 is 2.22 bits per heavy atom. The zero-order valence-electron chi connectivity index (χ0n) is 32.0. The molecule has 5 aliphatic rings. The van der Waals surface area contributed by atoms with Crippen LogP contribution < -0.4 is 4.90 Å². The number of carbonyl (C=O) groups is 1. The molecule has 4 fully saturated rings. The number of benzene rings is 1. The molecule has 2 N–H and O–H groups in total. The largest absolute Gasteiger partial charge is 0.483 e. The summed E-state index contributed by atoms with van der Waals surface area (Å²) in [5, 5.41) is 14.4. The smallest absolute Gasteiger partial charge is 0.290 e. The number of thiol groups is 1. The van der Waals surface area contributed by atoms with Gasteiger partial charge in [-0.2, -0.15) is 12.6 Å². The second kappa shape index (κ2) is 19.5. The summed E-state index contributed by atoms with van der Waals surface area (Å²) in [4.78, 5) is 11.0. The van der Waals surface area contributed by atoms with Crippen molar-refractivity contribution in [1.82, 2.24) is 0 Å². The summed E-state index contributed by atoms with van der Waals surface area (Å²) in [7, 11) is 20.4. The Morgan fingerprint density at radius 2 is 1.69 bits per heavy atom. The fourth-order valence-electron chi connectivity index (χ4n) is 9.01. The molecule has 3 aliphatic carbocycles. The Kier molecular flexibility index (Phi) is 16.9. The van der Waals surface area contributed by atoms with Gasteiger partial charge in [-0.1, -0.05) is 65.2 Å². The fraction of sp³-hybridized carbons (Fsp3) is 0.821. The molecule has 0 aromatic heterocycles. The van der Waals surface area contributed by atoms with E-state index in [9.17, 15) is 9.50 Å². The molecule has 2 heterocycles. The number of nitrogens with zero attached hydrogens (tertiary/aromatic N) is 1. The first-order valence-corrected chi connectivity index (χ1v) is 19.9. The quantitative estimate of drug-likeness (QED) is 0.138. The van der Waals surface area contributed by atoms with Crippen molar-refractivity contribution in [2.75, 3.05) is 37.1 Å². The van der Waals surface area contributed by atoms with Gasteiger partial charge in [-0.15, -0.1) is 0 Å². The molecule has 1 aromatic rings. The van der Waals surface area contributed by atoms with Gasteiger partial charge in [0.1, 0.15) is 15.7 Å². The molecular weight excluding hydrogens is 657 g/mol. The number of aliphatic hydroxyl groups is 1. The van der Waals surface area contributed by atoms with Gasteiger partial charge in [0.05, 0.1) is 60.3 Å². The number of aryl methyl sites for hydroxylation is 1. The first kappa shape index (κ1) is 44.3. The van der Waals surface area contributed by atoms with E-state index in [1.165, 1.54) is 69.9 Å². The number of hydrogen-bond acceptors (Lipinski definition) is 6. The predicted molar refractivity (Wildman–Crippen MR) is 214 cm³/mol. The van der Waals surface area contributed by atoms with Gasteiger partial charge in [0.15, 0.2) is 0 Å². The number of hydrogen-bond donors (Lipinski definition) is 3. The maximum Gasteiger partial charge on any atom is 0.290 e. The van der Waals surface area contributed by atoms with Crippen LogP contribution in [0.25, 0.3) is 0 Å². The van der Waals surface area contributed by atoms with Crippen molar-refractivity contribution in [3.63, 3.8) is 0 Å². The van der Waals surface area contributed by atoms with Crippen molar-refractivity contribution in [3.05, 3.63) is 29.3 Å². The van der Waals surface area contributed by atoms with Crippen molar-refractivity contribution in [2.45, 2.75) is 146 Å². The van der Waals surface area contributed by atoms with Gasteiger partial charge < -0.3 is 24.6 Å². The number of morpholine rings is 1. The third kappa shape index (κ3) is 11.0. The summed E-state index contributed by atoms with van der Waals surface area (Å²) < 4.78 is 24.7. The lowest BCUT2D eigenvalue weighted by molar-refractivity contribution is -0.122. The van der Waals surface area contributed by atoms with Crippen molar-refractivity contribution < 1.29 is 28.9 Å². The zero-order valence-corrected chi connectivity index (χ0v) is 32.9. The topological polar surface area (TPSA) is 79.2 Å². The molecule has 12 heteroatoms. The van der Waals surface area contributed by atoms with E-state index in [-0.39, 0.29) is 19.5 Å². The Bertz CT molecular complexity index is 1200. The molecule has 2 saturated carbocycles. The number of ether oxygens (including phenoxy) is 2. The van der Waals surface area contributed by atoms with E-state index in [0.29, 0.717) is 47.8 Å². The Hall–Kier alpha value is -1.09. The molecule has 7 atom stereocenters. The van der Waals surface area contributed by atoms with Crippen LogP contribution in [-0.4, -0.2) is 104 Å². The number of aliphatic hydroxyl groups excluding tert-OH is 1. The lowest BCUT2D eigenvalue weighted by Crippen LogP contribution is -2.46. The van der Waals surface area contributed by atoms with Crippen LogP contribution in [0.2, 0.25) is 5.21 Å². The van der Waals surface area contributed by atoms with Crippen LogP contribution in [0.3, 0.4) is 0 Å². The van der Waals surface area contributed by atoms with Crippen LogP contribution >= 0.6 is 12.6 Å². The summed E-state index contributed by atoms with van der Waals surface area (Å²) in [6.45, 7) is 13.7. The molecule has 51 heavy (non-hydrogen) atoms. The van der Waals surface area contributed by atoms with Crippen LogP contribution in [0.1, 0.15) is 122 Å². The average Bonchev–Trinajstić information content (AvgIpc) is 3.57. The van der Waals surface area contributed by atoms with Crippen molar-refractivity contribution in [2.24, 2.45) is 22.7 Å². The third-order valence-corrected chi connectivity index (χ3v) is 13.3. The van der Waals surface area contributed by atoms with Gasteiger partial charge in [-0.05, 0) is 115 Å². The minimum atomic E-state index is -2.53. The van der Waals surface area contributed by atoms with Crippen LogP contribution in [0.4, 0.5) is 10.1 Å². The first-order chi connectivity index (χ1) is 24.0. The van der Waals surface area contributed by atoms with Crippen LogP contribution in [-0.2, 0) is 20.7 Å². The van der Waals surface area contributed by atoms with E-state index in [2.05, 4.69) is 70.3 Å². The van der Waals surface area contributed by atoms with Crippen molar-refractivity contribution in [3.8, 4) is 0 Å². The second-order valence-electron chi connectivity index (χ2n) is 16.4. The molecule has 8 radical (unpaired) electrons. The lowest BCUT2D eigenvalue weighted by Gasteiger charge is -2.51. The highest BCUT2D eigenvalue weighted by Crippen LogP contribution is 2.61. The van der Waals surface area contributed by atoms with Crippen molar-refractivity contribution in [1.29, 1.82) is 0 Å². The zero-order chi connectivity index (χ0) is 38.0. The standard InChI is InChI=1S/C26H37NO3.C7H16.C5H7B4FS.CH2O2/c1-26-11-10-22-21-7-5-18(27-19-3-4-20(27)16-29-15-19)14-17(21)2-6-23(22)24(26)8-9-25(26)30-13-12-28;1-5-7(3,4)6-2;6-4(7,2-1-3-11)5(8,9)10;2-1-3/h5,7,14,19-20,22-25,28H,2-4,6,8-13,15-16H2,1H3;5-6H2,1-4H3;11H,1-3H2;1H,(H,2,3). The number of alkyl halides is 1. The van der Waals surface area contributed by atoms with Crippen LogP contribution in [0.5, 0.6) is 0 Å². The van der Waals surface area contributed by atoms with E-state index in [1.54, 1.807) is 11.1 Å². The van der Waals surface area contributed by atoms with E-state index in [0.717, 1.165) is 31.0 Å². The molecule has 2 saturated heterocycles. The number of anilines is 1. The molecule has 2 bridgehead atoms. The molecule has 6 rings (SSSR count). The highest BCUT2D eigenvalue weighted by atomic mass is 32.1. The third-order valence-electron chi connectivity index (χ3n) is 12.9. The maximum absolute atomic E-state index is 12.8. The van der Waals surface area contributed by atoms with Crippen LogP contribution in [0.15, 0.2) is 18.2 Å². The van der Waals surface area contributed by atoms with E-state index < -0.39 is 10.7 Å². The number of fused-ring (bicyclic) bond motifs is 7. The summed E-state index contributed by atoms with van der Waals surface area (Å²) in [5.74, 6) is 2.90. The van der Waals surface area contributed by atoms with Gasteiger partial charge >= 0.3 is 0 Å². The molecule has 6 nitrogen and oxygen atoms in total. The Morgan fingerprint density at radius 1 is 1.06 bits per heavy atom. The van der Waals surface area contributed by atoms with Crippen LogP contribution in [0, 0.1) is 22.7 Å². The summed E-state index contributed by atoms with van der Waals surface area (Å²) in [6.07, 6.45) is 13.9. The highest BCUT2D eigenvalue weighted by Gasteiger charge is 2.55. The normalized spacial score (nSPS) is 29.5. The van der Waals surface area contributed by atoms with E-state index >= 15 is 0 Å². The molecule has 278 valence electrons. The average molecular weight is 719 g/mol. The number of rotatable bonds is 10. The predicted octanol–water partition coefficient (Wildman–Crippen LogP) is 6.93. The monoisotopic (exact) mass is 719 g/mol. The van der Waals surface area contributed by atoms with Gasteiger partial charge in [-0.25, -0.2) is 0 Å². The Balaban J connectivity index is 0.000000278. The van der Waals surface area contributed by atoms with Gasteiger partial charge in [0.2, 0.25) is 0 Å². The second-order valence-corrected chi connectivity index (χ2v) is 16.9. The first-order valence-electron chi connectivity index (χ1n) is 19.3. The lowest BCUT2D eigenvalue weighted by atomic mass is 9.35. The number of carboxylic acid groups (broad SMARTS) is 1. The van der Waals surface area contributed by atoms with Crippen molar-refractivity contribution >= 4 is 56.2 Å². The molecule has 2 aliphatic heterocycles. The SMILES string of the molecule is CC12CCC3c4ccc(N5C6CCC5COC6)cc4CCC3C1CCC2OCCO.CCC(C)(C)CC.O=CO.[B]C([B])(F)C([B])([B])CCCS. The molecule has 0 spiro atoms. The molecule has 7 unspecified atom stereocenters. The summed E-state index contributed by atoms with van der Waals surface area (Å²) >= 11 is 3.91. The fourth-order valence-corrected chi connectivity index (χ4v) is 9.17. The molecular formula is C39H62B4FNO5S. The van der Waals surface area contributed by atoms with Gasteiger partial charge in [-0.3, -0.25) is 9.18 Å². The minimum absolute atomic E-state index is 0.143. The Labute approximate surface area is 319 Å². The molecule has 1 aromatic carbocycles.